The molecule has 4 unspecified atom stereocenters. The first kappa shape index (κ1) is 20.2. The molecule has 2 aliphatic rings. The van der Waals surface area contributed by atoms with Crippen LogP contribution < -0.4 is 4.74 Å². The third kappa shape index (κ3) is 5.27. The summed E-state index contributed by atoms with van der Waals surface area (Å²) in [4.78, 5) is 10.9. The van der Waals surface area contributed by atoms with Crippen LogP contribution in [0, 0.1) is 23.7 Å². The Morgan fingerprint density at radius 2 is 2.07 bits per heavy atom. The molecular weight excluding hydrogens is 336 g/mol. The highest BCUT2D eigenvalue weighted by molar-refractivity contribution is 5.68. The van der Waals surface area contributed by atoms with E-state index >= 15 is 0 Å². The van der Waals surface area contributed by atoms with Gasteiger partial charge in [-0.1, -0.05) is 58.1 Å². The summed E-state index contributed by atoms with van der Waals surface area (Å²) in [7, 11) is 0. The van der Waals surface area contributed by atoms with Gasteiger partial charge in [-0.3, -0.25) is 0 Å². The fraction of sp³-hybridized carbons (Fsp3) is 0.708. The highest BCUT2D eigenvalue weighted by Gasteiger charge is 2.39. The van der Waals surface area contributed by atoms with E-state index in [-0.39, 0.29) is 6.61 Å². The predicted molar refractivity (Wildman–Crippen MR) is 109 cm³/mol. The molecule has 0 heterocycles. The number of unbranched alkanes of at least 4 members (excludes halogenated alkanes) is 2. The van der Waals surface area contributed by atoms with Crippen LogP contribution in [0.2, 0.25) is 0 Å². The van der Waals surface area contributed by atoms with Crippen LogP contribution in [0.25, 0.3) is 0 Å². The highest BCUT2D eigenvalue weighted by Crippen LogP contribution is 2.48. The van der Waals surface area contributed by atoms with Crippen molar-refractivity contribution in [1.29, 1.82) is 0 Å². The summed E-state index contributed by atoms with van der Waals surface area (Å²) >= 11 is 0. The fourth-order valence-corrected chi connectivity index (χ4v) is 5.40. The largest absolute Gasteiger partial charge is 0.482 e. The minimum absolute atomic E-state index is 0.247. The quantitative estimate of drug-likeness (QED) is 0.521. The summed E-state index contributed by atoms with van der Waals surface area (Å²) in [5.41, 5.74) is 2.66. The molecule has 3 nitrogen and oxygen atoms in total. The van der Waals surface area contributed by atoms with E-state index in [9.17, 15) is 4.79 Å². The van der Waals surface area contributed by atoms with Gasteiger partial charge in [-0.15, -0.1) is 0 Å². The Bertz CT molecular complexity index is 624. The number of fused-ring (bicyclic) bond motifs is 2. The van der Waals surface area contributed by atoms with Crippen molar-refractivity contribution in [3.63, 3.8) is 0 Å². The van der Waals surface area contributed by atoms with Crippen molar-refractivity contribution in [1.82, 2.24) is 0 Å². The monoisotopic (exact) mass is 372 g/mol. The standard InChI is InChI=1S/C24H36O3/c1-3-4-5-7-17(2)10-11-18-12-13-20-15-22-19(14-21(18)20)8-6-9-23(22)27-16-24(25)26/h6,8-9,17-18,20-21H,3-5,7,10-16H2,1-2H3,(H,25,26). The number of carboxylic acid groups (broad SMARTS) is 1. The lowest BCUT2D eigenvalue weighted by Crippen LogP contribution is -2.26. The average Bonchev–Trinajstić information content (AvgIpc) is 3.05. The molecule has 0 saturated heterocycles. The average molecular weight is 373 g/mol. The first-order valence-corrected chi connectivity index (χ1v) is 11.0. The maximum absolute atomic E-state index is 10.9. The van der Waals surface area contributed by atoms with Gasteiger partial charge in [0, 0.05) is 0 Å². The summed E-state index contributed by atoms with van der Waals surface area (Å²) in [5, 5.41) is 8.91. The van der Waals surface area contributed by atoms with E-state index in [4.69, 9.17) is 9.84 Å². The number of carbonyl (C=O) groups is 1. The third-order valence-electron chi connectivity index (χ3n) is 6.95. The second-order valence-corrected chi connectivity index (χ2v) is 8.92. The van der Waals surface area contributed by atoms with Gasteiger partial charge < -0.3 is 9.84 Å². The van der Waals surface area contributed by atoms with E-state index in [0.29, 0.717) is 0 Å². The lowest BCUT2D eigenvalue weighted by atomic mass is 9.73. The maximum atomic E-state index is 10.9. The van der Waals surface area contributed by atoms with E-state index in [1.165, 1.54) is 62.5 Å². The molecule has 0 aliphatic heterocycles. The first-order chi connectivity index (χ1) is 13.1. The SMILES string of the molecule is CCCCCC(C)CCC1CCC2Cc3c(cccc3OCC(=O)O)CC12. The second kappa shape index (κ2) is 9.61. The first-order valence-electron chi connectivity index (χ1n) is 11.0. The van der Waals surface area contributed by atoms with Crippen LogP contribution in [0.15, 0.2) is 18.2 Å². The van der Waals surface area contributed by atoms with Gasteiger partial charge >= 0.3 is 5.97 Å². The lowest BCUT2D eigenvalue weighted by Gasteiger charge is -2.32. The maximum Gasteiger partial charge on any atom is 0.341 e. The van der Waals surface area contributed by atoms with E-state index in [0.717, 1.165) is 42.3 Å². The van der Waals surface area contributed by atoms with Gasteiger partial charge in [-0.2, -0.15) is 0 Å². The van der Waals surface area contributed by atoms with Crippen LogP contribution in [0.4, 0.5) is 0 Å². The normalized spacial score (nSPS) is 24.9. The van der Waals surface area contributed by atoms with Crippen molar-refractivity contribution in [2.45, 2.75) is 78.1 Å². The van der Waals surface area contributed by atoms with Crippen molar-refractivity contribution < 1.29 is 14.6 Å². The minimum Gasteiger partial charge on any atom is -0.482 e. The van der Waals surface area contributed by atoms with Gasteiger partial charge in [0.2, 0.25) is 0 Å². The Morgan fingerprint density at radius 1 is 1.22 bits per heavy atom. The minimum atomic E-state index is -0.907. The Hall–Kier alpha value is -1.51. The summed E-state index contributed by atoms with van der Waals surface area (Å²) in [6, 6.07) is 6.19. The molecule has 0 bridgehead atoms. The van der Waals surface area contributed by atoms with Gasteiger partial charge in [0.05, 0.1) is 0 Å². The summed E-state index contributed by atoms with van der Waals surface area (Å²) in [5.74, 6) is 3.20. The van der Waals surface area contributed by atoms with Crippen molar-refractivity contribution in [2.75, 3.05) is 6.61 Å². The summed E-state index contributed by atoms with van der Waals surface area (Å²) in [6.07, 6.45) is 13.2. The zero-order valence-corrected chi connectivity index (χ0v) is 17.1. The van der Waals surface area contributed by atoms with Crippen molar-refractivity contribution in [3.8, 4) is 5.75 Å². The fourth-order valence-electron chi connectivity index (χ4n) is 5.40. The number of hydrogen-bond acceptors (Lipinski definition) is 2. The molecule has 0 spiro atoms. The van der Waals surface area contributed by atoms with Crippen LogP contribution in [-0.2, 0) is 17.6 Å². The molecule has 0 radical (unpaired) electrons. The number of ether oxygens (including phenoxy) is 1. The van der Waals surface area contributed by atoms with Gasteiger partial charge in [0.25, 0.3) is 0 Å². The molecule has 1 N–H and O–H groups in total. The topological polar surface area (TPSA) is 46.5 Å². The molecule has 3 heteroatoms. The molecule has 1 aromatic rings. The molecule has 27 heavy (non-hydrogen) atoms. The van der Waals surface area contributed by atoms with E-state index in [1.807, 2.05) is 12.1 Å². The number of hydrogen-bond donors (Lipinski definition) is 1. The number of carboxylic acids is 1. The van der Waals surface area contributed by atoms with Crippen molar-refractivity contribution >= 4 is 5.97 Å². The number of benzene rings is 1. The van der Waals surface area contributed by atoms with Gasteiger partial charge in [-0.05, 0) is 73.0 Å². The Kier molecular flexibility index (Phi) is 7.20. The molecule has 4 atom stereocenters. The zero-order chi connectivity index (χ0) is 19.2. The summed E-state index contributed by atoms with van der Waals surface area (Å²) < 4.78 is 5.57. The molecule has 1 fully saturated rings. The van der Waals surface area contributed by atoms with E-state index in [1.54, 1.807) is 0 Å². The van der Waals surface area contributed by atoms with Gasteiger partial charge in [0.1, 0.15) is 5.75 Å². The smallest absolute Gasteiger partial charge is 0.341 e. The van der Waals surface area contributed by atoms with Crippen LogP contribution in [-0.4, -0.2) is 17.7 Å². The Balaban J connectivity index is 1.57. The zero-order valence-electron chi connectivity index (χ0n) is 17.1. The lowest BCUT2D eigenvalue weighted by molar-refractivity contribution is -0.139. The molecule has 1 saturated carbocycles. The van der Waals surface area contributed by atoms with Crippen LogP contribution in [0.3, 0.4) is 0 Å². The molecule has 0 aromatic heterocycles. The van der Waals surface area contributed by atoms with Crippen LogP contribution in [0.5, 0.6) is 5.75 Å². The third-order valence-corrected chi connectivity index (χ3v) is 6.95. The van der Waals surface area contributed by atoms with E-state index < -0.39 is 5.97 Å². The number of rotatable bonds is 10. The molecule has 1 aromatic carbocycles. The van der Waals surface area contributed by atoms with Gasteiger partial charge in [-0.25, -0.2) is 4.79 Å². The Morgan fingerprint density at radius 3 is 2.85 bits per heavy atom. The number of aliphatic carboxylic acids is 1. The molecule has 0 amide bonds. The molecule has 2 aliphatic carbocycles. The summed E-state index contributed by atoms with van der Waals surface area (Å²) in [6.45, 7) is 4.47. The predicted octanol–water partition coefficient (Wildman–Crippen LogP) is 5.89. The second-order valence-electron chi connectivity index (χ2n) is 8.92. The molecule has 3 rings (SSSR count). The Labute approximate surface area is 164 Å². The molecular formula is C24H36O3. The van der Waals surface area contributed by atoms with Crippen LogP contribution >= 0.6 is 0 Å². The molecule has 150 valence electrons. The highest BCUT2D eigenvalue weighted by atomic mass is 16.5. The van der Waals surface area contributed by atoms with Gasteiger partial charge in [0.15, 0.2) is 6.61 Å². The van der Waals surface area contributed by atoms with Crippen molar-refractivity contribution in [2.24, 2.45) is 23.7 Å². The van der Waals surface area contributed by atoms with E-state index in [2.05, 4.69) is 19.9 Å². The van der Waals surface area contributed by atoms with Crippen LogP contribution in [0.1, 0.15) is 76.3 Å². The van der Waals surface area contributed by atoms with Crippen molar-refractivity contribution in [3.05, 3.63) is 29.3 Å².